The van der Waals surface area contributed by atoms with Gasteiger partial charge in [0.1, 0.15) is 17.2 Å². The fourth-order valence-corrected chi connectivity index (χ4v) is 5.36. The molecule has 1 aromatic carbocycles. The number of aromatic nitrogens is 1. The van der Waals surface area contributed by atoms with Crippen LogP contribution in [0.5, 0.6) is 5.75 Å². The molecule has 2 aliphatic heterocycles. The van der Waals surface area contributed by atoms with Gasteiger partial charge in [-0.2, -0.15) is 0 Å². The van der Waals surface area contributed by atoms with Crippen LogP contribution in [0.4, 0.5) is 4.39 Å². The number of ether oxygens (including phenoxy) is 1. The third kappa shape index (κ3) is 6.56. The fraction of sp³-hybridized carbons (Fsp3) is 0.467. The molecule has 5 rings (SSSR count). The molecule has 3 N–H and O–H groups in total. The zero-order chi connectivity index (χ0) is 28.9. The molecule has 2 amide bonds. The molecule has 3 heterocycles. The maximum absolute atomic E-state index is 14.1. The summed E-state index contributed by atoms with van der Waals surface area (Å²) in [6.45, 7) is 9.82. The smallest absolute Gasteiger partial charge is 0.232 e. The summed E-state index contributed by atoms with van der Waals surface area (Å²) in [5.74, 6) is -0.519. The van der Waals surface area contributed by atoms with Gasteiger partial charge in [-0.1, -0.05) is 32.0 Å². The minimum absolute atomic E-state index is 0.0918. The average molecular weight is 536 g/mol. The van der Waals surface area contributed by atoms with E-state index in [0.29, 0.717) is 18.4 Å². The number of guanidine groups is 1. The van der Waals surface area contributed by atoms with Gasteiger partial charge in [-0.3, -0.25) is 19.5 Å². The van der Waals surface area contributed by atoms with Crippen molar-refractivity contribution >= 4 is 17.8 Å². The van der Waals surface area contributed by atoms with E-state index in [1.807, 2.05) is 58.9 Å². The largest absolute Gasteiger partial charge is 0.487 e. The molecule has 0 saturated heterocycles. The summed E-state index contributed by atoms with van der Waals surface area (Å²) in [7, 11) is 0. The molecule has 3 aliphatic rings. The Bertz CT molecular complexity index is 1240. The second kappa shape index (κ2) is 12.3. The minimum Gasteiger partial charge on any atom is -0.487 e. The minimum atomic E-state index is -0.615. The van der Waals surface area contributed by atoms with Crippen molar-refractivity contribution in [1.29, 1.82) is 0 Å². The van der Waals surface area contributed by atoms with Crippen LogP contribution in [0.25, 0.3) is 0 Å². The van der Waals surface area contributed by atoms with Gasteiger partial charge in [-0.25, -0.2) is 9.38 Å². The highest BCUT2D eigenvalue weighted by atomic mass is 19.1. The topological polar surface area (TPSA) is 110 Å². The van der Waals surface area contributed by atoms with E-state index < -0.39 is 17.5 Å². The second-order valence-corrected chi connectivity index (χ2v) is 10.4. The van der Waals surface area contributed by atoms with E-state index in [4.69, 9.17) is 10.5 Å². The van der Waals surface area contributed by atoms with E-state index in [9.17, 15) is 14.0 Å². The first-order valence-corrected chi connectivity index (χ1v) is 13.3. The molecule has 2 unspecified atom stereocenters. The van der Waals surface area contributed by atoms with Crippen LogP contribution in [-0.2, 0) is 9.59 Å². The van der Waals surface area contributed by atoms with Crippen molar-refractivity contribution in [2.75, 3.05) is 0 Å². The van der Waals surface area contributed by atoms with Crippen molar-refractivity contribution in [2.45, 2.75) is 77.6 Å². The summed E-state index contributed by atoms with van der Waals surface area (Å²) < 4.78 is 20.2. The number of terminal acetylenes is 1. The molecule has 1 aliphatic carbocycles. The summed E-state index contributed by atoms with van der Waals surface area (Å²) in [5.41, 5.74) is 7.21. The van der Waals surface area contributed by atoms with Crippen LogP contribution in [0.3, 0.4) is 0 Å². The van der Waals surface area contributed by atoms with Gasteiger partial charge in [0.2, 0.25) is 11.8 Å². The molecule has 39 heavy (non-hydrogen) atoms. The summed E-state index contributed by atoms with van der Waals surface area (Å²) in [5, 5.41) is 3.20. The average Bonchev–Trinajstić information content (AvgIpc) is 3.68. The summed E-state index contributed by atoms with van der Waals surface area (Å²) in [6.07, 6.45) is 12.0. The number of rotatable bonds is 5. The summed E-state index contributed by atoms with van der Waals surface area (Å²) >= 11 is 0. The van der Waals surface area contributed by atoms with Crippen LogP contribution in [0.1, 0.15) is 77.1 Å². The molecule has 1 aromatic heterocycles. The van der Waals surface area contributed by atoms with E-state index in [1.165, 1.54) is 17.2 Å². The molecule has 0 bridgehead atoms. The zero-order valence-electron chi connectivity index (χ0n) is 23.2. The molecule has 9 heteroatoms. The second-order valence-electron chi connectivity index (χ2n) is 10.4. The van der Waals surface area contributed by atoms with Gasteiger partial charge in [-0.05, 0) is 50.8 Å². The molecule has 208 valence electrons. The third-order valence-corrected chi connectivity index (χ3v) is 6.96. The highest BCUT2D eigenvalue weighted by Gasteiger charge is 2.53. The monoisotopic (exact) mass is 535 g/mol. The van der Waals surface area contributed by atoms with Crippen LogP contribution < -0.4 is 15.8 Å². The predicted octanol–water partition coefficient (Wildman–Crippen LogP) is 4.53. The van der Waals surface area contributed by atoms with Crippen molar-refractivity contribution in [3.05, 3.63) is 59.7 Å². The maximum atomic E-state index is 14.1. The van der Waals surface area contributed by atoms with Crippen LogP contribution in [-0.4, -0.2) is 39.3 Å². The van der Waals surface area contributed by atoms with E-state index >= 15 is 0 Å². The van der Waals surface area contributed by atoms with E-state index in [1.54, 1.807) is 0 Å². The van der Waals surface area contributed by atoms with Gasteiger partial charge in [0.25, 0.3) is 0 Å². The van der Waals surface area contributed by atoms with Crippen molar-refractivity contribution in [3.63, 3.8) is 0 Å². The molecular formula is C30H38FN5O3. The van der Waals surface area contributed by atoms with Crippen LogP contribution >= 0.6 is 0 Å². The summed E-state index contributed by atoms with van der Waals surface area (Å²) in [4.78, 5) is 36.1. The SMILES string of the molecule is C#C.CC.C[C@@H]1CC(=O)N(C(c2cncc(F)c2)[C@H]2CC2C(=O)N[C@H]2CC(C)(C)Oc3ccccc32)C(N)=N1. The van der Waals surface area contributed by atoms with E-state index in [2.05, 4.69) is 28.1 Å². The van der Waals surface area contributed by atoms with Crippen LogP contribution in [0.2, 0.25) is 0 Å². The number of halogens is 1. The summed E-state index contributed by atoms with van der Waals surface area (Å²) in [6, 6.07) is 8.03. The Kier molecular flexibility index (Phi) is 9.33. The predicted molar refractivity (Wildman–Crippen MR) is 149 cm³/mol. The molecule has 0 spiro atoms. The Hall–Kier alpha value is -3.93. The lowest BCUT2D eigenvalue weighted by Gasteiger charge is -2.38. The lowest BCUT2D eigenvalue weighted by Crippen LogP contribution is -2.49. The quantitative estimate of drug-likeness (QED) is 0.547. The number of para-hydroxylation sites is 1. The number of aliphatic imine (C=N–C) groups is 1. The number of nitrogens with one attached hydrogen (secondary N) is 1. The number of amides is 2. The number of nitrogens with zero attached hydrogens (tertiary/aromatic N) is 3. The standard InChI is InChI=1S/C26H30FN5O3.C2H6.C2H2/c1-14-8-22(33)32(25(28)30-14)23(15-9-16(27)13-29-12-15)18-10-19(18)24(34)31-20-11-26(2,3)35-21-7-5-4-6-17(20)21;2*1-2/h4-7,9,12-14,18-20,23H,8,10-11H2,1-3H3,(H2,28,30)(H,31,34);1-2H3;1-2H/t14-,18+,19?,20+,23?;;/m1../s1. The number of fused-ring (bicyclic) bond motifs is 1. The molecule has 8 nitrogen and oxygen atoms in total. The molecule has 5 atom stereocenters. The van der Waals surface area contributed by atoms with Crippen molar-refractivity contribution in [3.8, 4) is 18.6 Å². The van der Waals surface area contributed by atoms with Crippen molar-refractivity contribution in [2.24, 2.45) is 22.6 Å². The Morgan fingerprint density at radius 3 is 2.62 bits per heavy atom. The van der Waals surface area contributed by atoms with Gasteiger partial charge in [0, 0.05) is 30.5 Å². The highest BCUT2D eigenvalue weighted by molar-refractivity contribution is 5.99. The lowest BCUT2D eigenvalue weighted by molar-refractivity contribution is -0.131. The van der Waals surface area contributed by atoms with Crippen LogP contribution in [0.15, 0.2) is 47.7 Å². The molecular weight excluding hydrogens is 497 g/mol. The number of carbonyl (C=O) groups excluding carboxylic acids is 2. The first-order chi connectivity index (χ1) is 18.6. The highest BCUT2D eigenvalue weighted by Crippen LogP contribution is 2.51. The molecule has 0 radical (unpaired) electrons. The molecule has 2 aromatic rings. The van der Waals surface area contributed by atoms with Crippen molar-refractivity contribution in [1.82, 2.24) is 15.2 Å². The number of hydrogen-bond acceptors (Lipinski definition) is 6. The number of nitrogens with two attached hydrogens (primary N) is 1. The fourth-order valence-electron chi connectivity index (χ4n) is 5.36. The first kappa shape index (κ1) is 29.6. The number of pyridine rings is 1. The van der Waals surface area contributed by atoms with Gasteiger partial charge in [-0.15, -0.1) is 12.8 Å². The maximum Gasteiger partial charge on any atom is 0.232 e. The van der Waals surface area contributed by atoms with Gasteiger partial charge < -0.3 is 15.8 Å². The van der Waals surface area contributed by atoms with Crippen LogP contribution in [0, 0.1) is 30.5 Å². The van der Waals surface area contributed by atoms with E-state index in [0.717, 1.165) is 17.5 Å². The third-order valence-electron chi connectivity index (χ3n) is 6.96. The first-order valence-electron chi connectivity index (χ1n) is 13.3. The van der Waals surface area contributed by atoms with Gasteiger partial charge in [0.15, 0.2) is 5.96 Å². The lowest BCUT2D eigenvalue weighted by atomic mass is 9.89. The van der Waals surface area contributed by atoms with E-state index in [-0.39, 0.29) is 48.1 Å². The van der Waals surface area contributed by atoms with Crippen molar-refractivity contribution < 1.29 is 18.7 Å². The zero-order valence-corrected chi connectivity index (χ0v) is 23.2. The number of hydrogen-bond donors (Lipinski definition) is 2. The Morgan fingerprint density at radius 1 is 1.26 bits per heavy atom. The molecule has 1 fully saturated rings. The van der Waals surface area contributed by atoms with Gasteiger partial charge >= 0.3 is 0 Å². The Morgan fingerprint density at radius 2 is 1.95 bits per heavy atom. The van der Waals surface area contributed by atoms with Gasteiger partial charge in [0.05, 0.1) is 24.3 Å². The number of carbonyl (C=O) groups is 2. The normalized spacial score (nSPS) is 25.2. The molecule has 1 saturated carbocycles. The number of benzene rings is 1. The Labute approximate surface area is 230 Å². The Balaban J connectivity index is 0.00000100.